The molecule has 1 aliphatic rings. The number of amides is 2. The molecule has 1 atom stereocenters. The zero-order valence-corrected chi connectivity index (χ0v) is 31.3. The van der Waals surface area contributed by atoms with Crippen LogP contribution < -0.4 is 15.8 Å². The largest absolute Gasteiger partial charge is 0.326 e. The van der Waals surface area contributed by atoms with E-state index in [9.17, 15) is 9.59 Å². The number of azo groups is 1. The Bertz CT molecular complexity index is 1660. The molecule has 3 aromatic rings. The van der Waals surface area contributed by atoms with Crippen molar-refractivity contribution in [2.45, 2.75) is 104 Å². The summed E-state index contributed by atoms with van der Waals surface area (Å²) in [5, 5.41) is 13.8. The molecule has 0 spiro atoms. The second kappa shape index (κ2) is 19.3. The van der Waals surface area contributed by atoms with Crippen LogP contribution in [0.3, 0.4) is 0 Å². The van der Waals surface area contributed by atoms with Gasteiger partial charge in [-0.05, 0) is 73.9 Å². The maximum absolute atomic E-state index is 13.8. The van der Waals surface area contributed by atoms with Crippen LogP contribution in [0.2, 0.25) is 20.1 Å². The van der Waals surface area contributed by atoms with Crippen molar-refractivity contribution in [2.24, 2.45) is 15.2 Å². The zero-order valence-electron chi connectivity index (χ0n) is 28.3. The summed E-state index contributed by atoms with van der Waals surface area (Å²) >= 11 is 25.6. The van der Waals surface area contributed by atoms with Crippen LogP contribution in [-0.2, 0) is 9.59 Å². The van der Waals surface area contributed by atoms with Gasteiger partial charge in [-0.2, -0.15) is 10.2 Å². The number of hydrogen-bond donors (Lipinski definition) is 2. The highest BCUT2D eigenvalue weighted by molar-refractivity contribution is 6.43. The number of carbonyl (C=O) groups excluding carboxylic acids is 2. The van der Waals surface area contributed by atoms with Crippen molar-refractivity contribution in [2.75, 3.05) is 10.3 Å². The number of nitrogens with zero attached hydrogens (tertiary/aromatic N) is 4. The molecular weight excluding hydrogens is 702 g/mol. The molecule has 8 nitrogen and oxygen atoms in total. The molecule has 49 heavy (non-hydrogen) atoms. The number of amidine groups is 1. The number of halogens is 4. The van der Waals surface area contributed by atoms with Crippen molar-refractivity contribution in [3.05, 3.63) is 79.7 Å². The molecule has 0 saturated carbocycles. The lowest BCUT2D eigenvalue weighted by Gasteiger charge is -2.19. The third-order valence-corrected chi connectivity index (χ3v) is 9.52. The van der Waals surface area contributed by atoms with Crippen molar-refractivity contribution >= 4 is 86.8 Å². The molecule has 2 amide bonds. The molecule has 0 aliphatic carbocycles. The predicted molar refractivity (Wildman–Crippen MR) is 205 cm³/mol. The fourth-order valence-electron chi connectivity index (χ4n) is 5.47. The van der Waals surface area contributed by atoms with Crippen molar-refractivity contribution < 1.29 is 9.59 Å². The van der Waals surface area contributed by atoms with E-state index in [1.165, 1.54) is 68.5 Å². The van der Waals surface area contributed by atoms with Gasteiger partial charge in [0.2, 0.25) is 11.9 Å². The number of nitrogens with one attached hydrogen (secondary N) is 2. The fraction of sp³-hybridized carbons (Fsp3) is 0.432. The molecule has 0 bridgehead atoms. The number of hydrogen-bond acceptors (Lipinski definition) is 5. The minimum atomic E-state index is -1.17. The lowest BCUT2D eigenvalue weighted by Crippen LogP contribution is -2.36. The number of benzene rings is 3. The Balaban J connectivity index is 1.45. The molecule has 4 rings (SSSR count). The number of aliphatic imine (C=N–C) groups is 1. The molecule has 1 heterocycles. The topological polar surface area (TPSA) is 98.5 Å². The highest BCUT2D eigenvalue weighted by Crippen LogP contribution is 2.38. The summed E-state index contributed by atoms with van der Waals surface area (Å²) in [6.07, 6.45) is 13.8. The van der Waals surface area contributed by atoms with Gasteiger partial charge in [-0.25, -0.2) is 10.0 Å². The van der Waals surface area contributed by atoms with E-state index in [4.69, 9.17) is 46.4 Å². The molecule has 262 valence electrons. The van der Waals surface area contributed by atoms with Crippen molar-refractivity contribution in [1.82, 2.24) is 5.43 Å². The highest BCUT2D eigenvalue weighted by atomic mass is 35.5. The normalized spacial score (nSPS) is 15.4. The molecule has 0 aromatic heterocycles. The summed E-state index contributed by atoms with van der Waals surface area (Å²) in [7, 11) is 0. The minimum absolute atomic E-state index is 0.0794. The van der Waals surface area contributed by atoms with E-state index in [1.54, 1.807) is 18.2 Å². The Labute approximate surface area is 309 Å². The Morgan fingerprint density at radius 2 is 1.43 bits per heavy atom. The third kappa shape index (κ3) is 11.4. The monoisotopic (exact) mass is 744 g/mol. The third-order valence-electron chi connectivity index (χ3n) is 8.40. The Hall–Kier alpha value is -3.17. The van der Waals surface area contributed by atoms with E-state index < -0.39 is 11.9 Å². The first-order chi connectivity index (χ1) is 23.6. The number of anilines is 2. The first-order valence-corrected chi connectivity index (χ1v) is 18.5. The van der Waals surface area contributed by atoms with Crippen LogP contribution in [0.4, 0.5) is 22.7 Å². The number of aryl methyl sites for hydroxylation is 2. The summed E-state index contributed by atoms with van der Waals surface area (Å²) < 4.78 is 0. The number of unbranched alkanes of at least 4 members (excludes halogenated alkanes) is 10. The lowest BCUT2D eigenvalue weighted by molar-refractivity contribution is -0.118. The Morgan fingerprint density at radius 1 is 0.796 bits per heavy atom. The van der Waals surface area contributed by atoms with Crippen LogP contribution in [0.1, 0.15) is 95.1 Å². The van der Waals surface area contributed by atoms with Gasteiger partial charge in [0.25, 0.3) is 5.91 Å². The van der Waals surface area contributed by atoms with Gasteiger partial charge in [-0.15, -0.1) is 0 Å². The molecule has 1 saturated heterocycles. The van der Waals surface area contributed by atoms with Gasteiger partial charge in [-0.1, -0.05) is 124 Å². The average molecular weight is 747 g/mol. The summed E-state index contributed by atoms with van der Waals surface area (Å²) in [4.78, 5) is 31.2. The fourth-order valence-corrected chi connectivity index (χ4v) is 6.61. The molecule has 1 aliphatic heterocycles. The number of carbonyl (C=O) groups is 2. The maximum Gasteiger partial charge on any atom is 0.280 e. The zero-order chi connectivity index (χ0) is 35.3. The summed E-state index contributed by atoms with van der Waals surface area (Å²) in [6.45, 7) is 6.22. The van der Waals surface area contributed by atoms with E-state index in [0.717, 1.165) is 30.4 Å². The second-order valence-electron chi connectivity index (χ2n) is 12.4. The SMILES string of the molecule is CCCCCCCCCCCCCC(=O)Nc1ccc(Cl)c(N=C2NN(c3c(Cl)cc(Cl)cc3Cl)C(=O)C2N=Nc2ccc(C)c(C)c2)c1. The Morgan fingerprint density at radius 3 is 2.06 bits per heavy atom. The van der Waals surface area contributed by atoms with E-state index in [2.05, 4.69) is 32.9 Å². The van der Waals surface area contributed by atoms with Gasteiger partial charge in [0.1, 0.15) is 5.69 Å². The van der Waals surface area contributed by atoms with Crippen LogP contribution in [0.25, 0.3) is 0 Å². The van der Waals surface area contributed by atoms with Gasteiger partial charge < -0.3 is 5.32 Å². The van der Waals surface area contributed by atoms with Gasteiger partial charge in [0.05, 0.1) is 26.4 Å². The van der Waals surface area contributed by atoms with E-state index in [1.807, 2.05) is 32.0 Å². The Kier molecular flexibility index (Phi) is 15.2. The van der Waals surface area contributed by atoms with Gasteiger partial charge >= 0.3 is 0 Å². The van der Waals surface area contributed by atoms with E-state index in [-0.39, 0.29) is 27.5 Å². The van der Waals surface area contributed by atoms with Crippen LogP contribution in [0.15, 0.2) is 63.8 Å². The summed E-state index contributed by atoms with van der Waals surface area (Å²) in [5.74, 6) is -0.444. The molecule has 2 N–H and O–H groups in total. The van der Waals surface area contributed by atoms with Crippen LogP contribution >= 0.6 is 46.4 Å². The van der Waals surface area contributed by atoms with Gasteiger partial charge in [0.15, 0.2) is 5.84 Å². The standard InChI is InChI=1S/C37H44Cl4N6O2/c1-4-5-6-7-8-9-10-11-12-13-14-15-33(48)42-27-18-19-29(39)32(23-27)43-36-34(45-44-28-17-16-24(2)25(3)20-28)37(49)47(46-36)35-30(40)21-26(38)22-31(35)41/h16-23,34H,4-15H2,1-3H3,(H,42,48)(H,43,46). The second-order valence-corrected chi connectivity index (χ2v) is 14.0. The van der Waals surface area contributed by atoms with Crippen molar-refractivity contribution in [3.8, 4) is 0 Å². The maximum atomic E-state index is 13.8. The van der Waals surface area contributed by atoms with Gasteiger partial charge in [-0.3, -0.25) is 15.0 Å². The molecule has 12 heteroatoms. The molecule has 0 radical (unpaired) electrons. The molecule has 1 fully saturated rings. The minimum Gasteiger partial charge on any atom is -0.326 e. The van der Waals surface area contributed by atoms with Crippen LogP contribution in [-0.4, -0.2) is 23.7 Å². The number of rotatable bonds is 17. The first kappa shape index (κ1) is 38.6. The van der Waals surface area contributed by atoms with Crippen LogP contribution in [0, 0.1) is 13.8 Å². The smallest absolute Gasteiger partial charge is 0.280 e. The van der Waals surface area contributed by atoms with E-state index in [0.29, 0.717) is 33.5 Å². The molecule has 3 aromatic carbocycles. The van der Waals surface area contributed by atoms with Crippen molar-refractivity contribution in [1.29, 1.82) is 0 Å². The average Bonchev–Trinajstić information content (AvgIpc) is 3.35. The van der Waals surface area contributed by atoms with Gasteiger partial charge in [0, 0.05) is 17.1 Å². The molecular formula is C37H44Cl4N6O2. The highest BCUT2D eigenvalue weighted by Gasteiger charge is 2.41. The van der Waals surface area contributed by atoms with E-state index >= 15 is 0 Å². The summed E-state index contributed by atoms with van der Waals surface area (Å²) in [5.41, 5.74) is 6.78. The quantitative estimate of drug-likeness (QED) is 0.106. The summed E-state index contributed by atoms with van der Waals surface area (Å²) in [6, 6.07) is 12.5. The first-order valence-electron chi connectivity index (χ1n) is 17.0. The molecule has 1 unspecified atom stereocenters. The van der Waals surface area contributed by atoms with Crippen LogP contribution in [0.5, 0.6) is 0 Å². The lowest BCUT2D eigenvalue weighted by atomic mass is 10.1. The van der Waals surface area contributed by atoms with Crippen molar-refractivity contribution in [3.63, 3.8) is 0 Å². The predicted octanol–water partition coefficient (Wildman–Crippen LogP) is 12.3. The number of hydrazine groups is 1.